The molecule has 0 bridgehead atoms. The van der Waals surface area contributed by atoms with E-state index in [4.69, 9.17) is 17.3 Å². The molecule has 0 saturated heterocycles. The van der Waals surface area contributed by atoms with Gasteiger partial charge in [0.1, 0.15) is 5.82 Å². The van der Waals surface area contributed by atoms with Crippen molar-refractivity contribution in [2.75, 3.05) is 5.73 Å². The quantitative estimate of drug-likeness (QED) is 0.891. The van der Waals surface area contributed by atoms with Gasteiger partial charge in [0, 0.05) is 35.6 Å². The molecule has 3 nitrogen and oxygen atoms in total. The predicted octanol–water partition coefficient (Wildman–Crippen LogP) is 2.27. The van der Waals surface area contributed by atoms with Crippen molar-refractivity contribution in [1.29, 1.82) is 0 Å². The number of hydrogen-bond acceptors (Lipinski definition) is 2. The normalized spacial score (nSPS) is 10.5. The summed E-state index contributed by atoms with van der Waals surface area (Å²) in [5.41, 5.74) is 5.87. The second-order valence-electron chi connectivity index (χ2n) is 3.67. The third-order valence-corrected chi connectivity index (χ3v) is 2.61. The molecule has 0 atom stereocenters. The molecule has 0 aliphatic carbocycles. The molecule has 0 aliphatic heterocycles. The van der Waals surface area contributed by atoms with Gasteiger partial charge in [0.05, 0.1) is 5.69 Å². The van der Waals surface area contributed by atoms with Gasteiger partial charge in [-0.15, -0.1) is 0 Å². The molecule has 0 amide bonds. The number of aromatic nitrogens is 1. The van der Waals surface area contributed by atoms with Crippen molar-refractivity contribution in [1.82, 2.24) is 4.57 Å². The fourth-order valence-corrected chi connectivity index (χ4v) is 1.65. The summed E-state index contributed by atoms with van der Waals surface area (Å²) in [6.45, 7) is 0.299. The second kappa shape index (κ2) is 4.59. The van der Waals surface area contributed by atoms with Crippen LogP contribution in [0, 0.1) is 5.82 Å². The minimum Gasteiger partial charge on any atom is -0.394 e. The van der Waals surface area contributed by atoms with Crippen LogP contribution in [0.3, 0.4) is 0 Å². The van der Waals surface area contributed by atoms with Gasteiger partial charge in [-0.25, -0.2) is 4.39 Å². The van der Waals surface area contributed by atoms with E-state index in [1.54, 1.807) is 22.9 Å². The molecule has 0 radical (unpaired) electrons. The molecular formula is C12H10ClFN2O. The van der Waals surface area contributed by atoms with Crippen molar-refractivity contribution >= 4 is 17.3 Å². The number of pyridine rings is 1. The largest absolute Gasteiger partial charge is 0.394 e. The van der Waals surface area contributed by atoms with E-state index in [1.807, 2.05) is 0 Å². The van der Waals surface area contributed by atoms with Gasteiger partial charge >= 0.3 is 0 Å². The van der Waals surface area contributed by atoms with Gasteiger partial charge in [0.2, 0.25) is 5.43 Å². The molecule has 17 heavy (non-hydrogen) atoms. The third kappa shape index (κ3) is 2.65. The second-order valence-corrected chi connectivity index (χ2v) is 4.11. The number of rotatable bonds is 2. The molecule has 0 saturated carbocycles. The summed E-state index contributed by atoms with van der Waals surface area (Å²) in [7, 11) is 0. The number of nitrogens with two attached hydrogens (primary N) is 1. The fourth-order valence-electron chi connectivity index (χ4n) is 1.49. The van der Waals surface area contributed by atoms with E-state index >= 15 is 0 Å². The summed E-state index contributed by atoms with van der Waals surface area (Å²) >= 11 is 5.66. The van der Waals surface area contributed by atoms with Crippen molar-refractivity contribution in [2.24, 2.45) is 0 Å². The van der Waals surface area contributed by atoms with Gasteiger partial charge in [0.15, 0.2) is 0 Å². The van der Waals surface area contributed by atoms with Crippen molar-refractivity contribution in [3.8, 4) is 0 Å². The van der Waals surface area contributed by atoms with Crippen LogP contribution in [0.5, 0.6) is 0 Å². The number of nitrogens with zero attached hydrogens (tertiary/aromatic N) is 1. The molecule has 1 heterocycles. The number of nitrogen functional groups attached to an aromatic ring is 1. The number of benzene rings is 1. The van der Waals surface area contributed by atoms with Crippen LogP contribution in [0.25, 0.3) is 0 Å². The average molecular weight is 253 g/mol. The summed E-state index contributed by atoms with van der Waals surface area (Å²) in [6.07, 6.45) is 3.04. The molecular weight excluding hydrogens is 243 g/mol. The summed E-state index contributed by atoms with van der Waals surface area (Å²) in [5.74, 6) is -0.380. The van der Waals surface area contributed by atoms with Gasteiger partial charge in [0.25, 0.3) is 0 Å². The van der Waals surface area contributed by atoms with Crippen molar-refractivity contribution in [2.45, 2.75) is 6.54 Å². The Balaban J connectivity index is 2.31. The van der Waals surface area contributed by atoms with Crippen LogP contribution in [0.15, 0.2) is 41.5 Å². The first-order chi connectivity index (χ1) is 8.06. The summed E-state index contributed by atoms with van der Waals surface area (Å²) in [6, 6.07) is 5.82. The molecule has 1 aromatic carbocycles. The van der Waals surface area contributed by atoms with E-state index in [-0.39, 0.29) is 16.9 Å². The Morgan fingerprint density at radius 1 is 1.35 bits per heavy atom. The molecule has 0 spiro atoms. The van der Waals surface area contributed by atoms with Crippen LogP contribution in [-0.2, 0) is 6.54 Å². The highest BCUT2D eigenvalue weighted by Crippen LogP contribution is 2.15. The highest BCUT2D eigenvalue weighted by molar-refractivity contribution is 6.30. The third-order valence-electron chi connectivity index (χ3n) is 2.37. The van der Waals surface area contributed by atoms with Crippen LogP contribution in [0.1, 0.15) is 5.56 Å². The van der Waals surface area contributed by atoms with Crippen LogP contribution in [0.4, 0.5) is 10.1 Å². The topological polar surface area (TPSA) is 48.0 Å². The molecule has 5 heteroatoms. The fraction of sp³-hybridized carbons (Fsp3) is 0.0833. The minimum absolute atomic E-state index is 0.141. The minimum atomic E-state index is -0.380. The number of halogens is 2. The maximum atomic E-state index is 13.5. The maximum Gasteiger partial charge on any atom is 0.204 e. The molecule has 0 unspecified atom stereocenters. The van der Waals surface area contributed by atoms with Crippen LogP contribution < -0.4 is 11.2 Å². The van der Waals surface area contributed by atoms with Gasteiger partial charge in [-0.3, -0.25) is 4.79 Å². The summed E-state index contributed by atoms with van der Waals surface area (Å²) < 4.78 is 15.2. The van der Waals surface area contributed by atoms with Crippen LogP contribution >= 0.6 is 11.6 Å². The van der Waals surface area contributed by atoms with Gasteiger partial charge < -0.3 is 10.3 Å². The van der Waals surface area contributed by atoms with Gasteiger partial charge in [-0.1, -0.05) is 17.7 Å². The standard InChI is InChI=1S/C12H10ClFN2O/c13-9-2-1-8(10(14)5-9)6-16-4-3-12(17)11(15)7-16/h1-5,7H,6,15H2. The zero-order valence-corrected chi connectivity index (χ0v) is 9.62. The highest BCUT2D eigenvalue weighted by atomic mass is 35.5. The lowest BCUT2D eigenvalue weighted by Crippen LogP contribution is -2.11. The Bertz CT molecular complexity index is 610. The Labute approximate surface area is 102 Å². The Morgan fingerprint density at radius 2 is 2.12 bits per heavy atom. The highest BCUT2D eigenvalue weighted by Gasteiger charge is 2.04. The van der Waals surface area contributed by atoms with E-state index < -0.39 is 0 Å². The monoisotopic (exact) mass is 252 g/mol. The Kier molecular flexibility index (Phi) is 3.15. The molecule has 2 aromatic rings. The van der Waals surface area contributed by atoms with E-state index in [1.165, 1.54) is 18.3 Å². The first kappa shape index (κ1) is 11.7. The Hall–Kier alpha value is -1.81. The lowest BCUT2D eigenvalue weighted by Gasteiger charge is -2.08. The van der Waals surface area contributed by atoms with E-state index in [2.05, 4.69) is 0 Å². The molecule has 1 aromatic heterocycles. The van der Waals surface area contributed by atoms with Gasteiger partial charge in [-0.2, -0.15) is 0 Å². The summed E-state index contributed by atoms with van der Waals surface area (Å²) in [4.78, 5) is 11.1. The zero-order valence-electron chi connectivity index (χ0n) is 8.86. The Morgan fingerprint density at radius 3 is 2.76 bits per heavy atom. The molecule has 0 fully saturated rings. The lowest BCUT2D eigenvalue weighted by atomic mass is 10.2. The smallest absolute Gasteiger partial charge is 0.204 e. The van der Waals surface area contributed by atoms with Crippen molar-refractivity contribution < 1.29 is 4.39 Å². The molecule has 2 N–H and O–H groups in total. The molecule has 2 rings (SSSR count). The predicted molar refractivity (Wildman–Crippen MR) is 65.6 cm³/mol. The van der Waals surface area contributed by atoms with E-state index in [0.717, 1.165) is 0 Å². The average Bonchev–Trinajstić information content (AvgIpc) is 2.27. The van der Waals surface area contributed by atoms with Crippen LogP contribution in [-0.4, -0.2) is 4.57 Å². The molecule has 0 aliphatic rings. The zero-order chi connectivity index (χ0) is 12.4. The lowest BCUT2D eigenvalue weighted by molar-refractivity contribution is 0.599. The molecule has 88 valence electrons. The van der Waals surface area contributed by atoms with Gasteiger partial charge in [-0.05, 0) is 12.1 Å². The SMILES string of the molecule is Nc1cn(Cc2ccc(Cl)cc2F)ccc1=O. The summed E-state index contributed by atoms with van der Waals surface area (Å²) in [5, 5.41) is 0.352. The van der Waals surface area contributed by atoms with E-state index in [9.17, 15) is 9.18 Å². The number of hydrogen-bond donors (Lipinski definition) is 1. The van der Waals surface area contributed by atoms with Crippen molar-refractivity contribution in [3.63, 3.8) is 0 Å². The maximum absolute atomic E-state index is 13.5. The number of anilines is 1. The first-order valence-electron chi connectivity index (χ1n) is 4.96. The van der Waals surface area contributed by atoms with Crippen molar-refractivity contribution in [3.05, 3.63) is 63.3 Å². The van der Waals surface area contributed by atoms with Crippen LogP contribution in [0.2, 0.25) is 5.02 Å². The van der Waals surface area contributed by atoms with E-state index in [0.29, 0.717) is 17.1 Å². The first-order valence-corrected chi connectivity index (χ1v) is 5.33.